The molecule has 0 N–H and O–H groups in total. The molecule has 2 aliphatic rings. The monoisotopic (exact) mass is 397 g/mol. The standard InChI is InChI=1S/C22H31N5O2/c1-25(2)9-5-10-26-11-8-19-20(17-6-4-7-18(16-17)28-3)23-22(24-21(19)26)27-12-14-29-15-13-27/h4,6-7,16H,5,8-15H2,1-3H3. The maximum atomic E-state index is 5.53. The second kappa shape index (κ2) is 8.97. The molecule has 0 spiro atoms. The normalized spacial score (nSPS) is 16.4. The summed E-state index contributed by atoms with van der Waals surface area (Å²) in [6, 6.07) is 8.19. The van der Waals surface area contributed by atoms with E-state index >= 15 is 0 Å². The number of fused-ring (bicyclic) bond motifs is 1. The van der Waals surface area contributed by atoms with Crippen LogP contribution >= 0.6 is 0 Å². The summed E-state index contributed by atoms with van der Waals surface area (Å²) in [7, 11) is 5.95. The first-order valence-corrected chi connectivity index (χ1v) is 10.4. The van der Waals surface area contributed by atoms with Gasteiger partial charge in [0, 0.05) is 37.3 Å². The predicted molar refractivity (Wildman–Crippen MR) is 116 cm³/mol. The molecule has 2 aliphatic heterocycles. The van der Waals surface area contributed by atoms with Crippen LogP contribution in [0.3, 0.4) is 0 Å². The molecule has 0 bridgehead atoms. The van der Waals surface area contributed by atoms with Crippen molar-refractivity contribution in [3.05, 3.63) is 29.8 Å². The minimum Gasteiger partial charge on any atom is -0.497 e. The van der Waals surface area contributed by atoms with Gasteiger partial charge in [0.1, 0.15) is 11.6 Å². The fraction of sp³-hybridized carbons (Fsp3) is 0.545. The summed E-state index contributed by atoms with van der Waals surface area (Å²) in [4.78, 5) is 16.9. The fourth-order valence-electron chi connectivity index (χ4n) is 4.01. The molecule has 1 fully saturated rings. The Kier molecular flexibility index (Phi) is 6.16. The average Bonchev–Trinajstić information content (AvgIpc) is 3.16. The fourth-order valence-corrected chi connectivity index (χ4v) is 4.01. The van der Waals surface area contributed by atoms with E-state index in [1.54, 1.807) is 7.11 Å². The summed E-state index contributed by atoms with van der Waals surface area (Å²) in [6.45, 7) is 6.20. The Hall–Kier alpha value is -2.38. The minimum absolute atomic E-state index is 0.724. The third-order valence-corrected chi connectivity index (χ3v) is 5.58. The van der Waals surface area contributed by atoms with Crippen molar-refractivity contribution in [1.29, 1.82) is 0 Å². The molecule has 1 aromatic carbocycles. The number of ether oxygens (including phenoxy) is 2. The Morgan fingerprint density at radius 2 is 1.97 bits per heavy atom. The summed E-state index contributed by atoms with van der Waals surface area (Å²) >= 11 is 0. The van der Waals surface area contributed by atoms with Gasteiger partial charge in [0.05, 0.1) is 26.0 Å². The van der Waals surface area contributed by atoms with Crippen LogP contribution in [0.15, 0.2) is 24.3 Å². The Bertz CT molecular complexity index is 836. The molecule has 0 aliphatic carbocycles. The van der Waals surface area contributed by atoms with Crippen molar-refractivity contribution in [3.8, 4) is 17.0 Å². The lowest BCUT2D eigenvalue weighted by Crippen LogP contribution is -2.37. The van der Waals surface area contributed by atoms with E-state index in [1.165, 1.54) is 5.56 Å². The van der Waals surface area contributed by atoms with E-state index in [1.807, 2.05) is 12.1 Å². The summed E-state index contributed by atoms with van der Waals surface area (Å²) in [5.41, 5.74) is 3.37. The number of hydrogen-bond donors (Lipinski definition) is 0. The largest absolute Gasteiger partial charge is 0.497 e. The average molecular weight is 398 g/mol. The third kappa shape index (κ3) is 4.46. The maximum Gasteiger partial charge on any atom is 0.228 e. The Balaban J connectivity index is 1.71. The lowest BCUT2D eigenvalue weighted by atomic mass is 10.1. The molecule has 156 valence electrons. The Morgan fingerprint density at radius 3 is 2.72 bits per heavy atom. The first kappa shape index (κ1) is 19.9. The van der Waals surface area contributed by atoms with Crippen LogP contribution in [0.25, 0.3) is 11.3 Å². The zero-order chi connectivity index (χ0) is 20.2. The van der Waals surface area contributed by atoms with Gasteiger partial charge in [-0.2, -0.15) is 4.98 Å². The van der Waals surface area contributed by atoms with E-state index in [-0.39, 0.29) is 0 Å². The van der Waals surface area contributed by atoms with Crippen molar-refractivity contribution >= 4 is 11.8 Å². The molecule has 3 heterocycles. The van der Waals surface area contributed by atoms with Gasteiger partial charge in [-0.15, -0.1) is 0 Å². The Morgan fingerprint density at radius 1 is 1.14 bits per heavy atom. The first-order chi connectivity index (χ1) is 14.2. The Labute approximate surface area is 173 Å². The van der Waals surface area contributed by atoms with Gasteiger partial charge >= 0.3 is 0 Å². The van der Waals surface area contributed by atoms with E-state index in [0.29, 0.717) is 0 Å². The molecule has 0 unspecified atom stereocenters. The van der Waals surface area contributed by atoms with Gasteiger partial charge in [-0.3, -0.25) is 0 Å². The van der Waals surface area contributed by atoms with E-state index < -0.39 is 0 Å². The topological polar surface area (TPSA) is 54.0 Å². The highest BCUT2D eigenvalue weighted by atomic mass is 16.5. The SMILES string of the molecule is COc1cccc(-c2nc(N3CCOCC3)nc3c2CCN3CCCN(C)C)c1. The van der Waals surface area contributed by atoms with Gasteiger partial charge in [-0.05, 0) is 45.6 Å². The molecule has 0 amide bonds. The highest BCUT2D eigenvalue weighted by molar-refractivity contribution is 5.73. The van der Waals surface area contributed by atoms with Crippen LogP contribution in [0.2, 0.25) is 0 Å². The zero-order valence-electron chi connectivity index (χ0n) is 17.7. The molecule has 29 heavy (non-hydrogen) atoms. The minimum atomic E-state index is 0.724. The van der Waals surface area contributed by atoms with Crippen LogP contribution in [-0.2, 0) is 11.2 Å². The second-order valence-corrected chi connectivity index (χ2v) is 7.90. The summed E-state index contributed by atoms with van der Waals surface area (Å²) in [5, 5.41) is 0. The van der Waals surface area contributed by atoms with Gasteiger partial charge in [0.15, 0.2) is 0 Å². The van der Waals surface area contributed by atoms with Gasteiger partial charge in [0.2, 0.25) is 5.95 Å². The van der Waals surface area contributed by atoms with E-state index in [9.17, 15) is 0 Å². The van der Waals surface area contributed by atoms with Crippen LogP contribution in [0.4, 0.5) is 11.8 Å². The molecule has 0 saturated carbocycles. The van der Waals surface area contributed by atoms with Crippen molar-refractivity contribution in [2.24, 2.45) is 0 Å². The van der Waals surface area contributed by atoms with E-state index in [4.69, 9.17) is 19.4 Å². The maximum absolute atomic E-state index is 5.53. The van der Waals surface area contributed by atoms with Crippen LogP contribution in [0.5, 0.6) is 5.75 Å². The number of hydrogen-bond acceptors (Lipinski definition) is 7. The van der Waals surface area contributed by atoms with Crippen molar-refractivity contribution in [1.82, 2.24) is 14.9 Å². The third-order valence-electron chi connectivity index (χ3n) is 5.58. The second-order valence-electron chi connectivity index (χ2n) is 7.90. The van der Waals surface area contributed by atoms with Gasteiger partial charge < -0.3 is 24.2 Å². The smallest absolute Gasteiger partial charge is 0.228 e. The van der Waals surface area contributed by atoms with E-state index in [2.05, 4.69) is 40.9 Å². The van der Waals surface area contributed by atoms with Crippen LogP contribution in [0, 0.1) is 0 Å². The molecular formula is C22H31N5O2. The van der Waals surface area contributed by atoms with Crippen molar-refractivity contribution in [2.45, 2.75) is 12.8 Å². The highest BCUT2D eigenvalue weighted by Gasteiger charge is 2.28. The number of anilines is 2. The predicted octanol–water partition coefficient (Wildman–Crippen LogP) is 2.30. The summed E-state index contributed by atoms with van der Waals surface area (Å²) in [6.07, 6.45) is 2.10. The van der Waals surface area contributed by atoms with Crippen LogP contribution < -0.4 is 14.5 Å². The molecule has 0 radical (unpaired) electrons. The molecule has 7 nitrogen and oxygen atoms in total. The number of nitrogens with zero attached hydrogens (tertiary/aromatic N) is 5. The highest BCUT2D eigenvalue weighted by Crippen LogP contribution is 2.36. The van der Waals surface area contributed by atoms with Crippen LogP contribution in [0.1, 0.15) is 12.0 Å². The molecule has 1 saturated heterocycles. The van der Waals surface area contributed by atoms with Crippen molar-refractivity contribution < 1.29 is 9.47 Å². The summed E-state index contributed by atoms with van der Waals surface area (Å²) < 4.78 is 11.0. The molecule has 0 atom stereocenters. The molecule has 7 heteroatoms. The first-order valence-electron chi connectivity index (χ1n) is 10.4. The zero-order valence-corrected chi connectivity index (χ0v) is 17.7. The lowest BCUT2D eigenvalue weighted by Gasteiger charge is -2.28. The van der Waals surface area contributed by atoms with Gasteiger partial charge in [-0.1, -0.05) is 12.1 Å². The van der Waals surface area contributed by atoms with Crippen molar-refractivity contribution in [2.75, 3.05) is 76.9 Å². The molecule has 1 aromatic heterocycles. The number of morpholine rings is 1. The number of rotatable bonds is 7. The number of methoxy groups -OCH3 is 1. The number of benzene rings is 1. The van der Waals surface area contributed by atoms with Crippen molar-refractivity contribution in [3.63, 3.8) is 0 Å². The molecule has 2 aromatic rings. The molecule has 4 rings (SSSR count). The number of aromatic nitrogens is 2. The van der Waals surface area contributed by atoms with Gasteiger partial charge in [0.25, 0.3) is 0 Å². The quantitative estimate of drug-likeness (QED) is 0.711. The summed E-state index contributed by atoms with van der Waals surface area (Å²) in [5.74, 6) is 2.76. The van der Waals surface area contributed by atoms with E-state index in [0.717, 1.165) is 87.6 Å². The lowest BCUT2D eigenvalue weighted by molar-refractivity contribution is 0.122. The van der Waals surface area contributed by atoms with Crippen LogP contribution in [-0.4, -0.2) is 82.0 Å². The van der Waals surface area contributed by atoms with Gasteiger partial charge in [-0.25, -0.2) is 4.98 Å². The molecular weight excluding hydrogens is 366 g/mol.